The first-order valence-electron chi connectivity index (χ1n) is 8.43. The van der Waals surface area contributed by atoms with Gasteiger partial charge in [0.2, 0.25) is 0 Å². The molecule has 1 aliphatic carbocycles. The fourth-order valence-electron chi connectivity index (χ4n) is 3.96. The second kappa shape index (κ2) is 6.61. The summed E-state index contributed by atoms with van der Waals surface area (Å²) in [5.74, 6) is 0. The van der Waals surface area contributed by atoms with Crippen molar-refractivity contribution >= 4 is 12.0 Å². The number of piperazine rings is 1. The average molecular weight is 287 g/mol. The Labute approximate surface area is 127 Å². The highest BCUT2D eigenvalue weighted by Crippen LogP contribution is 2.19. The van der Waals surface area contributed by atoms with Crippen LogP contribution in [-0.2, 0) is 0 Å². The van der Waals surface area contributed by atoms with E-state index in [0.29, 0.717) is 0 Å². The summed E-state index contributed by atoms with van der Waals surface area (Å²) in [4.78, 5) is 15.2. The monoisotopic (exact) mass is 287 g/mol. The number of carbonyl (C=O) groups is 1. The molecule has 1 N–H and O–H groups in total. The summed E-state index contributed by atoms with van der Waals surface area (Å²) in [6.07, 6.45) is 8.13. The van der Waals surface area contributed by atoms with E-state index in [1.54, 1.807) is 0 Å². The van der Waals surface area contributed by atoms with Crippen LogP contribution >= 0.6 is 0 Å². The van der Waals surface area contributed by atoms with Gasteiger partial charge >= 0.3 is 0 Å². The minimum atomic E-state index is 0.810. The van der Waals surface area contributed by atoms with Crippen LogP contribution < -0.4 is 9.80 Å². The molecule has 114 valence electrons. The topological polar surface area (TPSA) is 24.8 Å². The maximum Gasteiger partial charge on any atom is 0.150 e. The van der Waals surface area contributed by atoms with E-state index in [1.165, 1.54) is 50.9 Å². The highest BCUT2D eigenvalue weighted by atomic mass is 16.1. The second-order valence-corrected chi connectivity index (χ2v) is 6.64. The molecule has 3 rings (SSSR count). The van der Waals surface area contributed by atoms with Crippen molar-refractivity contribution in [3.63, 3.8) is 0 Å². The zero-order valence-electron chi connectivity index (χ0n) is 13.1. The van der Waals surface area contributed by atoms with Crippen LogP contribution in [0, 0.1) is 6.92 Å². The summed E-state index contributed by atoms with van der Waals surface area (Å²) in [6.45, 7) is 6.84. The van der Waals surface area contributed by atoms with Gasteiger partial charge < -0.3 is 9.80 Å². The summed E-state index contributed by atoms with van der Waals surface area (Å²) in [6, 6.07) is 7.13. The van der Waals surface area contributed by atoms with Gasteiger partial charge in [0, 0.05) is 11.3 Å². The molecule has 21 heavy (non-hydrogen) atoms. The molecular weight excluding hydrogens is 260 g/mol. The van der Waals surface area contributed by atoms with Crippen molar-refractivity contribution in [2.45, 2.75) is 45.1 Å². The first kappa shape index (κ1) is 14.6. The van der Waals surface area contributed by atoms with Crippen molar-refractivity contribution < 1.29 is 9.69 Å². The zero-order chi connectivity index (χ0) is 14.7. The standard InChI is InChI=1S/C18H26N2O/c1-15-13-18(8-7-16(15)14-21)20-11-9-19(10-12-20)17-5-3-2-4-6-17/h7-8,13-14,17H,2-6,9-12H2,1H3/p+1. The zero-order valence-corrected chi connectivity index (χ0v) is 13.1. The fourth-order valence-corrected chi connectivity index (χ4v) is 3.96. The van der Waals surface area contributed by atoms with Gasteiger partial charge in [0.15, 0.2) is 0 Å². The highest BCUT2D eigenvalue weighted by Gasteiger charge is 2.28. The van der Waals surface area contributed by atoms with Crippen LogP contribution in [0.5, 0.6) is 0 Å². The first-order valence-corrected chi connectivity index (χ1v) is 8.43. The van der Waals surface area contributed by atoms with E-state index in [9.17, 15) is 4.79 Å². The molecule has 0 bridgehead atoms. The molecule has 1 saturated heterocycles. The maximum absolute atomic E-state index is 10.9. The Morgan fingerprint density at radius 2 is 1.86 bits per heavy atom. The van der Waals surface area contributed by atoms with Crippen LogP contribution in [0.1, 0.15) is 48.0 Å². The van der Waals surface area contributed by atoms with Crippen molar-refractivity contribution in [1.82, 2.24) is 0 Å². The van der Waals surface area contributed by atoms with Crippen molar-refractivity contribution in [3.8, 4) is 0 Å². The van der Waals surface area contributed by atoms with Gasteiger partial charge in [-0.3, -0.25) is 4.79 Å². The largest absolute Gasteiger partial charge is 0.360 e. The molecule has 2 aliphatic rings. The van der Waals surface area contributed by atoms with Crippen molar-refractivity contribution in [2.75, 3.05) is 31.1 Å². The van der Waals surface area contributed by atoms with Gasteiger partial charge in [-0.25, -0.2) is 0 Å². The molecule has 0 amide bonds. The number of aryl methyl sites for hydroxylation is 1. The molecule has 1 aromatic rings. The van der Waals surface area contributed by atoms with E-state index in [4.69, 9.17) is 0 Å². The third-order valence-corrected chi connectivity index (χ3v) is 5.33. The van der Waals surface area contributed by atoms with Gasteiger partial charge in [0.25, 0.3) is 0 Å². The molecule has 1 saturated carbocycles. The Hall–Kier alpha value is -1.35. The van der Waals surface area contributed by atoms with Gasteiger partial charge in [-0.1, -0.05) is 6.42 Å². The molecule has 3 heteroatoms. The number of nitrogens with zero attached hydrogens (tertiary/aromatic N) is 1. The lowest BCUT2D eigenvalue weighted by Crippen LogP contribution is -3.18. The quantitative estimate of drug-likeness (QED) is 0.858. The number of hydrogen-bond donors (Lipinski definition) is 1. The van der Waals surface area contributed by atoms with E-state index in [0.717, 1.165) is 36.5 Å². The number of nitrogens with one attached hydrogen (secondary N) is 1. The SMILES string of the molecule is Cc1cc(N2CC[NH+](C3CCCCC3)CC2)ccc1C=O. The van der Waals surface area contributed by atoms with Crippen LogP contribution in [0.4, 0.5) is 5.69 Å². The molecule has 0 unspecified atom stereocenters. The Balaban J connectivity index is 1.60. The van der Waals surface area contributed by atoms with Gasteiger partial charge in [0.1, 0.15) is 6.29 Å². The van der Waals surface area contributed by atoms with Crippen molar-refractivity contribution in [3.05, 3.63) is 29.3 Å². The fraction of sp³-hybridized carbons (Fsp3) is 0.611. The molecule has 1 aliphatic heterocycles. The lowest BCUT2D eigenvalue weighted by molar-refractivity contribution is -0.927. The van der Waals surface area contributed by atoms with Gasteiger partial charge in [-0.15, -0.1) is 0 Å². The number of anilines is 1. The second-order valence-electron chi connectivity index (χ2n) is 6.64. The molecule has 2 fully saturated rings. The molecule has 1 aromatic carbocycles. The minimum absolute atomic E-state index is 0.810. The number of rotatable bonds is 3. The van der Waals surface area contributed by atoms with Crippen molar-refractivity contribution in [1.29, 1.82) is 0 Å². The Bertz CT molecular complexity index is 486. The summed E-state index contributed by atoms with van der Waals surface area (Å²) in [5, 5.41) is 0. The molecule has 0 aromatic heterocycles. The molecular formula is C18H27N2O+. The minimum Gasteiger partial charge on any atom is -0.360 e. The number of carbonyl (C=O) groups excluding carboxylic acids is 1. The number of benzene rings is 1. The van der Waals surface area contributed by atoms with E-state index < -0.39 is 0 Å². The van der Waals surface area contributed by atoms with Crippen LogP contribution in [-0.4, -0.2) is 38.5 Å². The molecule has 0 radical (unpaired) electrons. The van der Waals surface area contributed by atoms with E-state index in [2.05, 4.69) is 17.0 Å². The normalized spacial score (nSPS) is 21.5. The summed E-state index contributed by atoms with van der Waals surface area (Å²) in [7, 11) is 0. The van der Waals surface area contributed by atoms with Gasteiger partial charge in [-0.05, 0) is 56.4 Å². The van der Waals surface area contributed by atoms with Gasteiger partial charge in [-0.2, -0.15) is 0 Å². The summed E-state index contributed by atoms with van der Waals surface area (Å²) in [5.41, 5.74) is 3.18. The Kier molecular flexibility index (Phi) is 4.59. The lowest BCUT2D eigenvalue weighted by Gasteiger charge is -2.39. The maximum atomic E-state index is 10.9. The van der Waals surface area contributed by atoms with E-state index >= 15 is 0 Å². The predicted molar refractivity (Wildman–Crippen MR) is 86.3 cm³/mol. The van der Waals surface area contributed by atoms with Crippen LogP contribution in [0.3, 0.4) is 0 Å². The van der Waals surface area contributed by atoms with Crippen LogP contribution in [0.15, 0.2) is 18.2 Å². The van der Waals surface area contributed by atoms with Crippen LogP contribution in [0.25, 0.3) is 0 Å². The van der Waals surface area contributed by atoms with Gasteiger partial charge in [0.05, 0.1) is 32.2 Å². The number of hydrogen-bond acceptors (Lipinski definition) is 2. The third-order valence-electron chi connectivity index (χ3n) is 5.33. The van der Waals surface area contributed by atoms with E-state index in [-0.39, 0.29) is 0 Å². The van der Waals surface area contributed by atoms with Crippen molar-refractivity contribution in [2.24, 2.45) is 0 Å². The van der Waals surface area contributed by atoms with E-state index in [1.807, 2.05) is 17.9 Å². The number of quaternary nitrogens is 1. The Morgan fingerprint density at radius 3 is 2.48 bits per heavy atom. The van der Waals surface area contributed by atoms with Crippen LogP contribution in [0.2, 0.25) is 0 Å². The predicted octanol–water partition coefficient (Wildman–Crippen LogP) is 1.85. The molecule has 3 nitrogen and oxygen atoms in total. The highest BCUT2D eigenvalue weighted by molar-refractivity contribution is 5.78. The molecule has 0 atom stereocenters. The Morgan fingerprint density at radius 1 is 1.14 bits per heavy atom. The third kappa shape index (κ3) is 3.29. The lowest BCUT2D eigenvalue weighted by atomic mass is 9.94. The average Bonchev–Trinajstić information content (AvgIpc) is 2.56. The summed E-state index contributed by atoms with van der Waals surface area (Å²) >= 11 is 0. The summed E-state index contributed by atoms with van der Waals surface area (Å²) < 4.78 is 0. The first-order chi connectivity index (χ1) is 10.3. The smallest absolute Gasteiger partial charge is 0.150 e. The molecule has 1 heterocycles. The number of aldehydes is 1. The molecule has 0 spiro atoms.